The van der Waals surface area contributed by atoms with Crippen LogP contribution in [0.5, 0.6) is 0 Å². The molecule has 0 radical (unpaired) electrons. The second-order valence-electron chi connectivity index (χ2n) is 4.80. The number of carbonyl (C=O) groups excluding carboxylic acids is 2. The molecule has 3 atom stereocenters. The van der Waals surface area contributed by atoms with Crippen LogP contribution >= 0.6 is 0 Å². The highest BCUT2D eigenvalue weighted by atomic mass is 16.3. The van der Waals surface area contributed by atoms with Crippen LogP contribution in [-0.2, 0) is 9.59 Å². The van der Waals surface area contributed by atoms with Gasteiger partial charge in [0.15, 0.2) is 0 Å². The number of carbonyl (C=O) groups is 2. The van der Waals surface area contributed by atoms with Gasteiger partial charge in [-0.15, -0.1) is 0 Å². The zero-order chi connectivity index (χ0) is 13.2. The molecule has 17 heavy (non-hydrogen) atoms. The van der Waals surface area contributed by atoms with Crippen molar-refractivity contribution in [2.45, 2.75) is 39.0 Å². The lowest BCUT2D eigenvalue weighted by molar-refractivity contribution is -0.136. The first-order chi connectivity index (χ1) is 7.82. The summed E-state index contributed by atoms with van der Waals surface area (Å²) in [5.41, 5.74) is 0. The third kappa shape index (κ3) is 3.41. The zero-order valence-corrected chi connectivity index (χ0v) is 10.4. The molecular formula is C11H20N2O4. The average Bonchev–Trinajstić information content (AvgIpc) is 2.54. The highest BCUT2D eigenvalue weighted by Gasteiger charge is 2.36. The summed E-state index contributed by atoms with van der Waals surface area (Å²) in [5, 5.41) is 21.4. The molecule has 0 aromatic rings. The van der Waals surface area contributed by atoms with Crippen LogP contribution in [0.3, 0.4) is 0 Å². The number of likely N-dealkylation sites (tertiary alicyclic amines) is 1. The summed E-state index contributed by atoms with van der Waals surface area (Å²) in [7, 11) is 0. The number of amides is 2. The first-order valence-electron chi connectivity index (χ1n) is 5.75. The van der Waals surface area contributed by atoms with Crippen LogP contribution in [0.4, 0.5) is 0 Å². The van der Waals surface area contributed by atoms with E-state index in [2.05, 4.69) is 5.32 Å². The summed E-state index contributed by atoms with van der Waals surface area (Å²) in [6.45, 7) is 5.25. The van der Waals surface area contributed by atoms with Crippen LogP contribution in [0.25, 0.3) is 0 Å². The Morgan fingerprint density at radius 1 is 1.24 bits per heavy atom. The maximum Gasteiger partial charge on any atom is 0.245 e. The first kappa shape index (κ1) is 13.9. The number of aliphatic hydroxyl groups excluding tert-OH is 2. The van der Waals surface area contributed by atoms with Crippen molar-refractivity contribution < 1.29 is 19.8 Å². The van der Waals surface area contributed by atoms with E-state index in [0.29, 0.717) is 0 Å². The van der Waals surface area contributed by atoms with Crippen LogP contribution in [0.2, 0.25) is 0 Å². The van der Waals surface area contributed by atoms with E-state index in [1.807, 2.05) is 13.8 Å². The Hall–Kier alpha value is -1.14. The molecule has 98 valence electrons. The highest BCUT2D eigenvalue weighted by Crippen LogP contribution is 2.14. The number of nitrogens with zero attached hydrogens (tertiary/aromatic N) is 1. The van der Waals surface area contributed by atoms with E-state index >= 15 is 0 Å². The quantitative estimate of drug-likeness (QED) is 0.576. The smallest absolute Gasteiger partial charge is 0.245 e. The predicted molar refractivity (Wildman–Crippen MR) is 61.0 cm³/mol. The summed E-state index contributed by atoms with van der Waals surface area (Å²) in [6, 6.07) is -0.606. The van der Waals surface area contributed by atoms with Gasteiger partial charge >= 0.3 is 0 Å². The molecule has 0 aromatic carbocycles. The average molecular weight is 244 g/mol. The molecule has 1 aliphatic rings. The Kier molecular flexibility index (Phi) is 4.47. The molecule has 3 N–H and O–H groups in total. The van der Waals surface area contributed by atoms with Crippen molar-refractivity contribution in [1.82, 2.24) is 10.2 Å². The molecule has 1 aliphatic heterocycles. The van der Waals surface area contributed by atoms with E-state index in [1.165, 1.54) is 11.8 Å². The topological polar surface area (TPSA) is 89.9 Å². The van der Waals surface area contributed by atoms with Gasteiger partial charge in [0.25, 0.3) is 0 Å². The molecule has 1 heterocycles. The molecular weight excluding hydrogens is 224 g/mol. The van der Waals surface area contributed by atoms with Gasteiger partial charge in [0, 0.05) is 20.0 Å². The number of nitrogens with one attached hydrogen (secondary N) is 1. The monoisotopic (exact) mass is 244 g/mol. The third-order valence-electron chi connectivity index (χ3n) is 2.86. The Morgan fingerprint density at radius 3 is 2.06 bits per heavy atom. The van der Waals surface area contributed by atoms with E-state index in [1.54, 1.807) is 0 Å². The van der Waals surface area contributed by atoms with Crippen molar-refractivity contribution in [3.63, 3.8) is 0 Å². The minimum Gasteiger partial charge on any atom is -0.388 e. The van der Waals surface area contributed by atoms with Crippen molar-refractivity contribution >= 4 is 11.8 Å². The summed E-state index contributed by atoms with van der Waals surface area (Å²) in [5.74, 6) is -0.565. The summed E-state index contributed by atoms with van der Waals surface area (Å²) >= 11 is 0. The van der Waals surface area contributed by atoms with Gasteiger partial charge in [0.1, 0.15) is 6.04 Å². The lowest BCUT2D eigenvalue weighted by atomic mass is 10.0. The van der Waals surface area contributed by atoms with Crippen molar-refractivity contribution in [1.29, 1.82) is 0 Å². The Morgan fingerprint density at radius 2 is 1.71 bits per heavy atom. The molecule has 6 heteroatoms. The first-order valence-corrected chi connectivity index (χ1v) is 5.75. The third-order valence-corrected chi connectivity index (χ3v) is 2.86. The van der Waals surface area contributed by atoms with Crippen molar-refractivity contribution in [2.75, 3.05) is 13.1 Å². The molecule has 0 saturated carbocycles. The summed E-state index contributed by atoms with van der Waals surface area (Å²) < 4.78 is 0. The minimum atomic E-state index is -0.899. The van der Waals surface area contributed by atoms with Gasteiger partial charge in [-0.2, -0.15) is 0 Å². The molecule has 0 aromatic heterocycles. The molecule has 1 fully saturated rings. The summed E-state index contributed by atoms with van der Waals surface area (Å²) in [6.07, 6.45) is -1.80. The summed E-state index contributed by atoms with van der Waals surface area (Å²) in [4.78, 5) is 24.5. The fraction of sp³-hybridized carbons (Fsp3) is 0.818. The van der Waals surface area contributed by atoms with Crippen LogP contribution in [0.1, 0.15) is 20.8 Å². The van der Waals surface area contributed by atoms with E-state index in [0.717, 1.165) is 0 Å². The van der Waals surface area contributed by atoms with E-state index < -0.39 is 18.2 Å². The number of β-amino-alcohol motifs (C(OH)–C–C–N with tert-alkyl or cyclic N) is 2. The number of aliphatic hydroxyl groups is 2. The molecule has 2 amide bonds. The molecule has 1 saturated heterocycles. The van der Waals surface area contributed by atoms with E-state index in [-0.39, 0.29) is 30.8 Å². The molecule has 0 aliphatic carbocycles. The van der Waals surface area contributed by atoms with Crippen LogP contribution in [0, 0.1) is 5.92 Å². The van der Waals surface area contributed by atoms with E-state index in [9.17, 15) is 19.8 Å². The maximum absolute atomic E-state index is 12.1. The van der Waals surface area contributed by atoms with Gasteiger partial charge in [-0.3, -0.25) is 9.59 Å². The van der Waals surface area contributed by atoms with Crippen LogP contribution in [-0.4, -0.2) is 58.3 Å². The van der Waals surface area contributed by atoms with Gasteiger partial charge < -0.3 is 20.4 Å². The van der Waals surface area contributed by atoms with Crippen molar-refractivity contribution in [2.24, 2.45) is 5.92 Å². The van der Waals surface area contributed by atoms with Crippen molar-refractivity contribution in [3.8, 4) is 0 Å². The molecule has 0 bridgehead atoms. The van der Waals surface area contributed by atoms with Crippen LogP contribution < -0.4 is 5.32 Å². The maximum atomic E-state index is 12.1. The fourth-order valence-electron chi connectivity index (χ4n) is 1.88. The van der Waals surface area contributed by atoms with Gasteiger partial charge in [-0.1, -0.05) is 13.8 Å². The lowest BCUT2D eigenvalue weighted by Gasteiger charge is -2.26. The van der Waals surface area contributed by atoms with Crippen molar-refractivity contribution in [3.05, 3.63) is 0 Å². The molecule has 1 rings (SSSR count). The SMILES string of the molecule is CC(=O)NC(C(=O)N1CC(O)C(O)C1)C(C)C. The Labute approximate surface area is 101 Å². The van der Waals surface area contributed by atoms with Gasteiger partial charge in [-0.25, -0.2) is 0 Å². The second kappa shape index (κ2) is 5.46. The minimum absolute atomic E-state index is 0.0405. The Balaban J connectivity index is 2.69. The standard InChI is InChI=1S/C11H20N2O4/c1-6(2)10(12-7(3)14)11(17)13-4-8(15)9(16)5-13/h6,8-10,15-16H,4-5H2,1-3H3,(H,12,14). The van der Waals surface area contributed by atoms with Gasteiger partial charge in [-0.05, 0) is 5.92 Å². The predicted octanol–water partition coefficient (Wildman–Crippen LogP) is -1.29. The van der Waals surface area contributed by atoms with Crippen LogP contribution in [0.15, 0.2) is 0 Å². The highest BCUT2D eigenvalue weighted by molar-refractivity contribution is 5.87. The van der Waals surface area contributed by atoms with Gasteiger partial charge in [0.2, 0.25) is 11.8 Å². The second-order valence-corrected chi connectivity index (χ2v) is 4.80. The largest absolute Gasteiger partial charge is 0.388 e. The molecule has 6 nitrogen and oxygen atoms in total. The zero-order valence-electron chi connectivity index (χ0n) is 10.4. The fourth-order valence-corrected chi connectivity index (χ4v) is 1.88. The normalized spacial score (nSPS) is 26.1. The lowest BCUT2D eigenvalue weighted by Crippen LogP contribution is -2.50. The Bertz CT molecular complexity index is 296. The number of rotatable bonds is 3. The number of hydrogen-bond donors (Lipinski definition) is 3. The number of hydrogen-bond acceptors (Lipinski definition) is 4. The van der Waals surface area contributed by atoms with Gasteiger partial charge in [0.05, 0.1) is 12.2 Å². The molecule has 3 unspecified atom stereocenters. The molecule has 0 spiro atoms. The van der Waals surface area contributed by atoms with E-state index in [4.69, 9.17) is 0 Å².